The molecular weight excluding hydrogens is 547 g/mol. The van der Waals surface area contributed by atoms with Gasteiger partial charge in [-0.2, -0.15) is 0 Å². The number of benzene rings is 3. The number of carbonyl (C=O) groups excluding carboxylic acids is 1. The van der Waals surface area contributed by atoms with Crippen molar-refractivity contribution in [3.63, 3.8) is 0 Å². The molecule has 1 aromatic heterocycles. The first kappa shape index (κ1) is 30.8. The van der Waals surface area contributed by atoms with Crippen LogP contribution < -0.4 is 15.1 Å². The van der Waals surface area contributed by atoms with Gasteiger partial charge < -0.3 is 18.7 Å². The molecule has 0 radical (unpaired) electrons. The van der Waals surface area contributed by atoms with E-state index in [4.69, 9.17) is 18.9 Å². The Bertz CT molecular complexity index is 1310. The van der Waals surface area contributed by atoms with Gasteiger partial charge in [0, 0.05) is 24.1 Å². The highest BCUT2D eigenvalue weighted by atomic mass is 32.1. The van der Waals surface area contributed by atoms with Gasteiger partial charge in [0.15, 0.2) is 0 Å². The lowest BCUT2D eigenvalue weighted by Crippen LogP contribution is -2.67. The molecule has 0 aliphatic carbocycles. The largest absolute Gasteiger partial charge is 0.497 e. The Hall–Kier alpha value is -3.10. The lowest BCUT2D eigenvalue weighted by Gasteiger charge is -2.43. The van der Waals surface area contributed by atoms with E-state index in [1.54, 1.807) is 18.4 Å². The molecule has 1 heterocycles. The van der Waals surface area contributed by atoms with Crippen molar-refractivity contribution in [1.82, 2.24) is 4.98 Å². The average molecular weight is 588 g/mol. The number of rotatable bonds is 14. The second-order valence-corrected chi connectivity index (χ2v) is 16.7. The number of aldehydes is 1. The molecule has 216 valence electrons. The highest BCUT2D eigenvalue weighted by Gasteiger charge is 2.50. The summed E-state index contributed by atoms with van der Waals surface area (Å²) in [5.41, 5.74) is 2.03. The Kier molecular flexibility index (Phi) is 10.7. The Balaban J connectivity index is 1.64. The zero-order valence-corrected chi connectivity index (χ0v) is 26.5. The fourth-order valence-electron chi connectivity index (χ4n) is 5.19. The Morgan fingerprint density at radius 1 is 0.927 bits per heavy atom. The summed E-state index contributed by atoms with van der Waals surface area (Å²) in [6.45, 7) is 9.79. The molecule has 0 N–H and O–H groups in total. The molecule has 2 atom stereocenters. The smallest absolute Gasteiger partial charge is 0.261 e. The van der Waals surface area contributed by atoms with Crippen molar-refractivity contribution in [2.75, 3.05) is 13.7 Å². The third-order valence-corrected chi connectivity index (χ3v) is 13.4. The van der Waals surface area contributed by atoms with E-state index in [-0.39, 0.29) is 17.1 Å². The molecule has 0 saturated heterocycles. The Labute approximate surface area is 249 Å². The highest BCUT2D eigenvalue weighted by molar-refractivity contribution is 7.09. The third kappa shape index (κ3) is 7.60. The first-order chi connectivity index (χ1) is 19.8. The minimum absolute atomic E-state index is 0.101. The summed E-state index contributed by atoms with van der Waals surface area (Å²) in [5, 5.41) is 5.41. The molecule has 0 spiro atoms. The molecule has 0 saturated carbocycles. The summed E-state index contributed by atoms with van der Waals surface area (Å²) in [5.74, 6) is 0.921. The molecule has 0 unspecified atom stereocenters. The normalized spacial score (nSPS) is 13.5. The van der Waals surface area contributed by atoms with Crippen LogP contribution in [0.2, 0.25) is 5.04 Å². The topological polar surface area (TPSA) is 57.6 Å². The number of aromatic nitrogens is 1. The van der Waals surface area contributed by atoms with Crippen molar-refractivity contribution in [3.05, 3.63) is 107 Å². The summed E-state index contributed by atoms with van der Waals surface area (Å²) >= 11 is 1.62. The Morgan fingerprint density at radius 3 is 2.07 bits per heavy atom. The molecule has 0 fully saturated rings. The molecule has 4 aromatic rings. The van der Waals surface area contributed by atoms with Gasteiger partial charge in [-0.1, -0.05) is 100 Å². The van der Waals surface area contributed by atoms with Gasteiger partial charge in [-0.05, 0) is 33.1 Å². The molecule has 5 nitrogen and oxygen atoms in total. The van der Waals surface area contributed by atoms with Crippen LogP contribution in [0.3, 0.4) is 0 Å². The SMILES string of the molecule is COc1ccc(CO[C@@H](CO[Si](c2ccccc2)(c2ccccc2)C(C)(C)C)Cc2nc([C@@H](C)CC=O)cs2)cc1. The Morgan fingerprint density at radius 2 is 1.54 bits per heavy atom. The van der Waals surface area contributed by atoms with Gasteiger partial charge in [0.1, 0.15) is 12.0 Å². The van der Waals surface area contributed by atoms with Gasteiger partial charge in [0.05, 0.1) is 37.1 Å². The molecule has 0 amide bonds. The van der Waals surface area contributed by atoms with E-state index in [1.165, 1.54) is 10.4 Å². The van der Waals surface area contributed by atoms with Gasteiger partial charge in [-0.25, -0.2) is 4.98 Å². The summed E-state index contributed by atoms with van der Waals surface area (Å²) < 4.78 is 19.1. The van der Waals surface area contributed by atoms with Gasteiger partial charge in [0.25, 0.3) is 8.32 Å². The molecule has 0 aliphatic rings. The van der Waals surface area contributed by atoms with Crippen LogP contribution in [0.15, 0.2) is 90.3 Å². The molecule has 7 heteroatoms. The summed E-state index contributed by atoms with van der Waals surface area (Å²) in [4.78, 5) is 15.9. The molecule has 0 bridgehead atoms. The zero-order chi connectivity index (χ0) is 29.3. The third-order valence-electron chi connectivity index (χ3n) is 7.47. The molecule has 0 aliphatic heterocycles. The highest BCUT2D eigenvalue weighted by Crippen LogP contribution is 2.37. The predicted octanol–water partition coefficient (Wildman–Crippen LogP) is 6.55. The van der Waals surface area contributed by atoms with E-state index in [1.807, 2.05) is 31.2 Å². The number of ether oxygens (including phenoxy) is 2. The van der Waals surface area contributed by atoms with Gasteiger partial charge >= 0.3 is 0 Å². The number of carbonyl (C=O) groups is 1. The van der Waals surface area contributed by atoms with Crippen molar-refractivity contribution >= 4 is 36.3 Å². The fourth-order valence-corrected chi connectivity index (χ4v) is 10.8. The van der Waals surface area contributed by atoms with E-state index >= 15 is 0 Å². The van der Waals surface area contributed by atoms with E-state index in [0.29, 0.717) is 26.1 Å². The monoisotopic (exact) mass is 587 g/mol. The number of methoxy groups -OCH3 is 1. The fraction of sp³-hybridized carbons (Fsp3) is 0.353. The summed E-state index contributed by atoms with van der Waals surface area (Å²) in [6.07, 6.45) is 1.85. The first-order valence-corrected chi connectivity index (χ1v) is 16.9. The summed E-state index contributed by atoms with van der Waals surface area (Å²) in [6, 6.07) is 29.3. The van der Waals surface area contributed by atoms with Gasteiger partial charge in [-0.3, -0.25) is 0 Å². The van der Waals surface area contributed by atoms with Crippen LogP contribution in [0, 0.1) is 0 Å². The lowest BCUT2D eigenvalue weighted by molar-refractivity contribution is -0.108. The average Bonchev–Trinajstić information content (AvgIpc) is 3.45. The van der Waals surface area contributed by atoms with Crippen molar-refractivity contribution in [2.45, 2.75) is 64.2 Å². The molecule has 4 rings (SSSR count). The second kappa shape index (κ2) is 14.2. The standard InChI is InChI=1S/C34H41NO4SSi/c1-26(20-21-36)32-25-40-33(35-32)22-29(38-23-27-16-18-28(37-5)19-17-27)24-39-41(34(2,3)4,30-12-8-6-9-13-30)31-14-10-7-11-15-31/h6-19,21,25-26,29H,20,22-24H2,1-5H3/t26-,29+/m0/s1. The van der Waals surface area contributed by atoms with Crippen LogP contribution in [0.1, 0.15) is 56.3 Å². The van der Waals surface area contributed by atoms with E-state index in [9.17, 15) is 4.79 Å². The second-order valence-electron chi connectivity index (χ2n) is 11.4. The van der Waals surface area contributed by atoms with Crippen LogP contribution in [0.4, 0.5) is 0 Å². The van der Waals surface area contributed by atoms with Gasteiger partial charge in [-0.15, -0.1) is 11.3 Å². The zero-order valence-electron chi connectivity index (χ0n) is 24.7. The first-order valence-electron chi connectivity index (χ1n) is 14.1. The van der Waals surface area contributed by atoms with Crippen molar-refractivity contribution in [1.29, 1.82) is 0 Å². The number of hydrogen-bond donors (Lipinski definition) is 0. The van der Waals surface area contributed by atoms with Gasteiger partial charge in [0.2, 0.25) is 0 Å². The molecule has 41 heavy (non-hydrogen) atoms. The van der Waals surface area contributed by atoms with Crippen LogP contribution in [0.25, 0.3) is 0 Å². The summed E-state index contributed by atoms with van der Waals surface area (Å²) in [7, 11) is -1.06. The van der Waals surface area contributed by atoms with Crippen molar-refractivity contribution < 1.29 is 18.7 Å². The minimum atomic E-state index is -2.73. The number of hydrogen-bond acceptors (Lipinski definition) is 6. The maximum Gasteiger partial charge on any atom is 0.261 e. The lowest BCUT2D eigenvalue weighted by atomic mass is 10.1. The van der Waals surface area contributed by atoms with Crippen LogP contribution in [-0.2, 0) is 27.0 Å². The molecule has 3 aromatic carbocycles. The maximum absolute atomic E-state index is 11.1. The molecular formula is C34H41NO4SSi. The maximum atomic E-state index is 11.1. The predicted molar refractivity (Wildman–Crippen MR) is 170 cm³/mol. The van der Waals surface area contributed by atoms with Crippen molar-refractivity contribution in [3.8, 4) is 5.75 Å². The van der Waals surface area contributed by atoms with Crippen LogP contribution >= 0.6 is 11.3 Å². The minimum Gasteiger partial charge on any atom is -0.497 e. The van der Waals surface area contributed by atoms with Crippen LogP contribution in [-0.4, -0.2) is 39.4 Å². The van der Waals surface area contributed by atoms with Crippen molar-refractivity contribution in [2.24, 2.45) is 0 Å². The number of thiazole rings is 1. The van der Waals surface area contributed by atoms with Crippen LogP contribution in [0.5, 0.6) is 5.75 Å². The quantitative estimate of drug-likeness (QED) is 0.124. The number of nitrogens with zero attached hydrogens (tertiary/aromatic N) is 1. The van der Waals surface area contributed by atoms with E-state index in [2.05, 4.69) is 86.8 Å². The van der Waals surface area contributed by atoms with E-state index in [0.717, 1.165) is 28.3 Å². The van der Waals surface area contributed by atoms with E-state index < -0.39 is 8.32 Å².